The van der Waals surface area contributed by atoms with E-state index in [-0.39, 0.29) is 12.4 Å². The first-order chi connectivity index (χ1) is 12.8. The highest BCUT2D eigenvalue weighted by molar-refractivity contribution is 5.14. The quantitative estimate of drug-likeness (QED) is 0.699. The topological polar surface area (TPSA) is 50.1 Å². The zero-order chi connectivity index (χ0) is 17.8. The SMILES string of the molecule is CCC(c1nnnn1C1CCCC1)N1CCN(Cc2ccccc2)CC1.[Cl-]. The third-order valence-electron chi connectivity index (χ3n) is 5.97. The van der Waals surface area contributed by atoms with E-state index >= 15 is 0 Å². The molecule has 1 aromatic heterocycles. The van der Waals surface area contributed by atoms with Crippen LogP contribution in [0.1, 0.15) is 62.5 Å². The van der Waals surface area contributed by atoms with Crippen molar-refractivity contribution in [2.75, 3.05) is 26.2 Å². The summed E-state index contributed by atoms with van der Waals surface area (Å²) in [4.78, 5) is 5.14. The largest absolute Gasteiger partial charge is 1.00 e. The van der Waals surface area contributed by atoms with Gasteiger partial charge in [0.25, 0.3) is 0 Å². The molecule has 1 aromatic carbocycles. The Balaban J connectivity index is 0.00000210. The van der Waals surface area contributed by atoms with Crippen LogP contribution in [-0.2, 0) is 6.54 Å². The summed E-state index contributed by atoms with van der Waals surface area (Å²) in [6.45, 7) is 7.69. The predicted molar refractivity (Wildman–Crippen MR) is 102 cm³/mol. The minimum Gasteiger partial charge on any atom is -1.00 e. The fraction of sp³-hybridized carbons (Fsp3) is 0.650. The molecule has 1 saturated carbocycles. The van der Waals surface area contributed by atoms with Gasteiger partial charge in [-0.15, -0.1) is 5.10 Å². The Kier molecular flexibility index (Phi) is 7.21. The Morgan fingerprint density at radius 1 is 1.04 bits per heavy atom. The van der Waals surface area contributed by atoms with E-state index in [0.29, 0.717) is 12.1 Å². The molecular formula is C20H30ClN6-. The molecule has 1 aliphatic heterocycles. The normalized spacial score (nSPS) is 20.5. The number of piperazine rings is 1. The van der Waals surface area contributed by atoms with E-state index < -0.39 is 0 Å². The first kappa shape index (κ1) is 20.2. The van der Waals surface area contributed by atoms with Crippen molar-refractivity contribution < 1.29 is 12.4 Å². The lowest BCUT2D eigenvalue weighted by molar-refractivity contribution is -0.00000563. The zero-order valence-electron chi connectivity index (χ0n) is 16.2. The minimum atomic E-state index is 0. The molecule has 1 unspecified atom stereocenters. The molecule has 2 aromatic rings. The molecule has 0 N–H and O–H groups in total. The molecular weight excluding hydrogens is 360 g/mol. The molecule has 7 heteroatoms. The summed E-state index contributed by atoms with van der Waals surface area (Å²) in [5.41, 5.74) is 1.40. The van der Waals surface area contributed by atoms with Crippen LogP contribution in [0.25, 0.3) is 0 Å². The predicted octanol–water partition coefficient (Wildman–Crippen LogP) is 0.0611. The van der Waals surface area contributed by atoms with Crippen LogP contribution in [0.5, 0.6) is 0 Å². The molecule has 1 aliphatic carbocycles. The van der Waals surface area contributed by atoms with Gasteiger partial charge in [-0.1, -0.05) is 50.1 Å². The van der Waals surface area contributed by atoms with E-state index in [1.165, 1.54) is 31.2 Å². The van der Waals surface area contributed by atoms with Crippen molar-refractivity contribution >= 4 is 0 Å². The van der Waals surface area contributed by atoms with Gasteiger partial charge < -0.3 is 12.4 Å². The maximum Gasteiger partial charge on any atom is 0.168 e. The summed E-state index contributed by atoms with van der Waals surface area (Å²) in [6, 6.07) is 11.6. The molecule has 2 aliphatic rings. The summed E-state index contributed by atoms with van der Waals surface area (Å²) in [5.74, 6) is 1.08. The van der Waals surface area contributed by atoms with Crippen molar-refractivity contribution in [2.45, 2.75) is 57.7 Å². The van der Waals surface area contributed by atoms with Crippen molar-refractivity contribution in [3.8, 4) is 0 Å². The van der Waals surface area contributed by atoms with Crippen LogP contribution in [0.4, 0.5) is 0 Å². The van der Waals surface area contributed by atoms with E-state index in [1.807, 2.05) is 0 Å². The molecule has 2 fully saturated rings. The van der Waals surface area contributed by atoms with E-state index in [9.17, 15) is 0 Å². The summed E-state index contributed by atoms with van der Waals surface area (Å²) < 4.78 is 2.14. The highest BCUT2D eigenvalue weighted by Gasteiger charge is 2.30. The van der Waals surface area contributed by atoms with Gasteiger partial charge >= 0.3 is 0 Å². The first-order valence-corrected chi connectivity index (χ1v) is 10.1. The number of hydrogen-bond acceptors (Lipinski definition) is 5. The molecule has 4 rings (SSSR count). The number of benzene rings is 1. The van der Waals surface area contributed by atoms with E-state index in [1.54, 1.807) is 0 Å². The van der Waals surface area contributed by atoms with Crippen molar-refractivity contribution in [1.29, 1.82) is 0 Å². The third kappa shape index (κ3) is 4.68. The lowest BCUT2D eigenvalue weighted by Gasteiger charge is -2.38. The van der Waals surface area contributed by atoms with Gasteiger partial charge in [0.1, 0.15) is 0 Å². The lowest BCUT2D eigenvalue weighted by Crippen LogP contribution is -3.00. The maximum atomic E-state index is 4.44. The minimum absolute atomic E-state index is 0. The Morgan fingerprint density at radius 2 is 1.74 bits per heavy atom. The monoisotopic (exact) mass is 389 g/mol. The number of rotatable bonds is 6. The van der Waals surface area contributed by atoms with Crippen molar-refractivity contribution in [3.05, 3.63) is 41.7 Å². The van der Waals surface area contributed by atoms with Gasteiger partial charge in [0.15, 0.2) is 5.82 Å². The zero-order valence-corrected chi connectivity index (χ0v) is 16.9. The van der Waals surface area contributed by atoms with Crippen LogP contribution in [0.3, 0.4) is 0 Å². The molecule has 0 amide bonds. The van der Waals surface area contributed by atoms with E-state index in [2.05, 4.69) is 67.3 Å². The first-order valence-electron chi connectivity index (χ1n) is 10.1. The molecule has 2 heterocycles. The van der Waals surface area contributed by atoms with Crippen LogP contribution >= 0.6 is 0 Å². The van der Waals surface area contributed by atoms with Gasteiger partial charge in [-0.25, -0.2) is 4.68 Å². The summed E-state index contributed by atoms with van der Waals surface area (Å²) in [5, 5.41) is 12.8. The molecule has 27 heavy (non-hydrogen) atoms. The van der Waals surface area contributed by atoms with Gasteiger partial charge in [0.2, 0.25) is 0 Å². The summed E-state index contributed by atoms with van der Waals surface area (Å²) in [7, 11) is 0. The summed E-state index contributed by atoms with van der Waals surface area (Å²) >= 11 is 0. The standard InChI is InChI=1S/C20H30N6.ClH/c1-2-19(20-21-22-23-26(20)18-10-6-7-11-18)25-14-12-24(13-15-25)16-17-8-4-3-5-9-17;/h3-5,8-9,18-19H,2,6-7,10-16H2,1H3;1H/p-1. The Bertz CT molecular complexity index is 677. The summed E-state index contributed by atoms with van der Waals surface area (Å²) in [6.07, 6.45) is 6.11. The van der Waals surface area contributed by atoms with Gasteiger partial charge in [-0.3, -0.25) is 9.80 Å². The average Bonchev–Trinajstić information content (AvgIpc) is 3.36. The third-order valence-corrected chi connectivity index (χ3v) is 5.97. The number of hydrogen-bond donors (Lipinski definition) is 0. The second-order valence-corrected chi connectivity index (χ2v) is 7.64. The van der Waals surface area contributed by atoms with Gasteiger partial charge in [0, 0.05) is 32.7 Å². The fourth-order valence-electron chi connectivity index (χ4n) is 4.51. The molecule has 0 radical (unpaired) electrons. The Labute approximate surface area is 168 Å². The van der Waals surface area contributed by atoms with Crippen LogP contribution in [0.15, 0.2) is 30.3 Å². The van der Waals surface area contributed by atoms with Crippen molar-refractivity contribution in [3.63, 3.8) is 0 Å². The van der Waals surface area contributed by atoms with Crippen LogP contribution < -0.4 is 12.4 Å². The number of aromatic nitrogens is 4. The smallest absolute Gasteiger partial charge is 0.168 e. The number of nitrogens with zero attached hydrogens (tertiary/aromatic N) is 6. The lowest BCUT2D eigenvalue weighted by atomic mass is 10.1. The van der Waals surface area contributed by atoms with Gasteiger partial charge in [-0.05, 0) is 35.3 Å². The highest BCUT2D eigenvalue weighted by Crippen LogP contribution is 2.32. The molecule has 6 nitrogen and oxygen atoms in total. The number of halogens is 1. The molecule has 1 saturated heterocycles. The van der Waals surface area contributed by atoms with Crippen LogP contribution in [0, 0.1) is 0 Å². The van der Waals surface area contributed by atoms with Gasteiger partial charge in [-0.2, -0.15) is 0 Å². The van der Waals surface area contributed by atoms with E-state index in [0.717, 1.165) is 45.0 Å². The Morgan fingerprint density at radius 3 is 2.41 bits per heavy atom. The fourth-order valence-corrected chi connectivity index (χ4v) is 4.51. The van der Waals surface area contributed by atoms with Crippen molar-refractivity contribution in [2.24, 2.45) is 0 Å². The maximum absolute atomic E-state index is 4.44. The van der Waals surface area contributed by atoms with E-state index in [4.69, 9.17) is 0 Å². The molecule has 148 valence electrons. The highest BCUT2D eigenvalue weighted by atomic mass is 35.5. The Hall–Kier alpha value is -1.50. The van der Waals surface area contributed by atoms with Crippen molar-refractivity contribution in [1.82, 2.24) is 30.0 Å². The second kappa shape index (κ2) is 9.62. The van der Waals surface area contributed by atoms with Crippen LogP contribution in [-0.4, -0.2) is 56.2 Å². The molecule has 0 bridgehead atoms. The van der Waals surface area contributed by atoms with Crippen LogP contribution in [0.2, 0.25) is 0 Å². The molecule has 0 spiro atoms. The molecule has 1 atom stereocenters. The van der Waals surface area contributed by atoms with Gasteiger partial charge in [0.05, 0.1) is 12.1 Å². The second-order valence-electron chi connectivity index (χ2n) is 7.64. The average molecular weight is 390 g/mol. The number of tetrazole rings is 1.